The predicted octanol–water partition coefficient (Wildman–Crippen LogP) is 0.640. The Morgan fingerprint density at radius 2 is 2.56 bits per heavy atom. The molecule has 0 spiro atoms. The first-order chi connectivity index (χ1) is 4.38. The van der Waals surface area contributed by atoms with Crippen LogP contribution in [0.15, 0.2) is 10.3 Å². The van der Waals surface area contributed by atoms with E-state index in [1.807, 2.05) is 0 Å². The fourth-order valence-corrected chi connectivity index (χ4v) is 1.53. The van der Waals surface area contributed by atoms with Gasteiger partial charge in [-0.15, -0.1) is 0 Å². The largest absolute Gasteiger partial charge is 0.357 e. The summed E-state index contributed by atoms with van der Waals surface area (Å²) in [5.74, 6) is 0. The molecule has 0 aliphatic heterocycles. The molecule has 1 aliphatic rings. The van der Waals surface area contributed by atoms with Gasteiger partial charge in [-0.2, -0.15) is 4.98 Å². The summed E-state index contributed by atoms with van der Waals surface area (Å²) in [5, 5.41) is 0. The number of hydrogen-bond acceptors (Lipinski definition) is 3. The smallest absolute Gasteiger partial charge is 0.245 e. The SMILES string of the molecule is O=c1ncsn1C1CC1. The van der Waals surface area contributed by atoms with Crippen molar-refractivity contribution in [3.05, 3.63) is 16.0 Å². The van der Waals surface area contributed by atoms with Crippen molar-refractivity contribution in [3.63, 3.8) is 0 Å². The van der Waals surface area contributed by atoms with Crippen LogP contribution in [0, 0.1) is 0 Å². The maximum absolute atomic E-state index is 10.8. The van der Waals surface area contributed by atoms with Crippen molar-refractivity contribution < 1.29 is 0 Å². The third-order valence-corrected chi connectivity index (χ3v) is 2.27. The van der Waals surface area contributed by atoms with E-state index in [9.17, 15) is 4.79 Å². The van der Waals surface area contributed by atoms with Gasteiger partial charge >= 0.3 is 5.69 Å². The van der Waals surface area contributed by atoms with E-state index in [4.69, 9.17) is 0 Å². The minimum Gasteiger partial charge on any atom is -0.245 e. The van der Waals surface area contributed by atoms with Crippen LogP contribution >= 0.6 is 11.5 Å². The molecule has 0 aromatic carbocycles. The zero-order valence-corrected chi connectivity index (χ0v) is 5.60. The van der Waals surface area contributed by atoms with Crippen molar-refractivity contribution in [2.75, 3.05) is 0 Å². The minimum absolute atomic E-state index is 0.0810. The highest BCUT2D eigenvalue weighted by molar-refractivity contribution is 7.03. The van der Waals surface area contributed by atoms with Crippen molar-refractivity contribution >= 4 is 11.5 Å². The van der Waals surface area contributed by atoms with Gasteiger partial charge in [0.05, 0.1) is 0 Å². The van der Waals surface area contributed by atoms with E-state index < -0.39 is 0 Å². The van der Waals surface area contributed by atoms with E-state index in [2.05, 4.69) is 4.98 Å². The standard InChI is InChI=1S/C5H6N2OS/c8-5-6-3-9-7(5)4-1-2-4/h3-4H,1-2H2. The molecule has 0 saturated heterocycles. The third-order valence-electron chi connectivity index (χ3n) is 1.39. The lowest BCUT2D eigenvalue weighted by Gasteiger charge is -1.88. The van der Waals surface area contributed by atoms with Crippen LogP contribution in [-0.2, 0) is 0 Å². The molecule has 0 bridgehead atoms. The third kappa shape index (κ3) is 0.790. The molecule has 1 aromatic rings. The van der Waals surface area contributed by atoms with Gasteiger partial charge in [0.15, 0.2) is 0 Å². The second-order valence-electron chi connectivity index (χ2n) is 2.18. The van der Waals surface area contributed by atoms with Crippen LogP contribution in [0.5, 0.6) is 0 Å². The molecule has 9 heavy (non-hydrogen) atoms. The summed E-state index contributed by atoms with van der Waals surface area (Å²) in [4.78, 5) is 14.4. The molecule has 3 nitrogen and oxygen atoms in total. The van der Waals surface area contributed by atoms with Crippen LogP contribution in [0.2, 0.25) is 0 Å². The Labute approximate surface area is 56.1 Å². The van der Waals surface area contributed by atoms with E-state index in [0.29, 0.717) is 6.04 Å². The Morgan fingerprint density at radius 3 is 3.00 bits per heavy atom. The summed E-state index contributed by atoms with van der Waals surface area (Å²) in [7, 11) is 0. The zero-order chi connectivity index (χ0) is 6.27. The van der Waals surface area contributed by atoms with E-state index in [0.717, 1.165) is 12.8 Å². The van der Waals surface area contributed by atoms with Crippen LogP contribution in [0.3, 0.4) is 0 Å². The van der Waals surface area contributed by atoms with Gasteiger partial charge in [-0.05, 0) is 24.4 Å². The van der Waals surface area contributed by atoms with Crippen molar-refractivity contribution in [2.24, 2.45) is 0 Å². The molecule has 0 unspecified atom stereocenters. The number of rotatable bonds is 1. The Balaban J connectivity index is 2.47. The average Bonchev–Trinajstić information content (AvgIpc) is 2.58. The monoisotopic (exact) mass is 142 g/mol. The fourth-order valence-electron chi connectivity index (χ4n) is 0.773. The first-order valence-corrected chi connectivity index (χ1v) is 3.74. The fraction of sp³-hybridized carbons (Fsp3) is 0.600. The lowest BCUT2D eigenvalue weighted by molar-refractivity contribution is 0.768. The first kappa shape index (κ1) is 5.17. The lowest BCUT2D eigenvalue weighted by Crippen LogP contribution is -2.12. The van der Waals surface area contributed by atoms with Crippen molar-refractivity contribution in [1.29, 1.82) is 0 Å². The molecule has 1 heterocycles. The highest BCUT2D eigenvalue weighted by Gasteiger charge is 2.25. The number of hydrogen-bond donors (Lipinski definition) is 0. The number of nitrogens with zero attached hydrogens (tertiary/aromatic N) is 2. The molecule has 48 valence electrons. The Bertz CT molecular complexity index is 260. The lowest BCUT2D eigenvalue weighted by atomic mass is 10.7. The van der Waals surface area contributed by atoms with Crippen molar-refractivity contribution in [3.8, 4) is 0 Å². The summed E-state index contributed by atoms with van der Waals surface area (Å²) in [6, 6.07) is 0.491. The molecular formula is C5H6N2OS. The van der Waals surface area contributed by atoms with Gasteiger partial charge in [-0.25, -0.2) is 8.75 Å². The van der Waals surface area contributed by atoms with E-state index in [1.54, 1.807) is 9.47 Å². The maximum atomic E-state index is 10.8. The number of aromatic nitrogens is 2. The van der Waals surface area contributed by atoms with Crippen LogP contribution in [0.4, 0.5) is 0 Å². The van der Waals surface area contributed by atoms with Gasteiger partial charge in [0.2, 0.25) is 0 Å². The van der Waals surface area contributed by atoms with Gasteiger partial charge in [-0.1, -0.05) is 0 Å². The molecule has 0 atom stereocenters. The molecule has 4 heteroatoms. The average molecular weight is 142 g/mol. The summed E-state index contributed by atoms with van der Waals surface area (Å²) < 4.78 is 1.74. The predicted molar refractivity (Wildman–Crippen MR) is 34.6 cm³/mol. The van der Waals surface area contributed by atoms with Crippen LogP contribution in [0.25, 0.3) is 0 Å². The van der Waals surface area contributed by atoms with E-state index in [1.165, 1.54) is 11.5 Å². The molecular weight excluding hydrogens is 136 g/mol. The normalized spacial score (nSPS) is 18.2. The quantitative estimate of drug-likeness (QED) is 0.576. The highest BCUT2D eigenvalue weighted by atomic mass is 32.1. The van der Waals surface area contributed by atoms with Gasteiger partial charge in [0, 0.05) is 6.04 Å². The molecule has 0 N–H and O–H groups in total. The Morgan fingerprint density at radius 1 is 1.78 bits per heavy atom. The molecule has 0 amide bonds. The topological polar surface area (TPSA) is 34.9 Å². The Hall–Kier alpha value is -0.640. The van der Waals surface area contributed by atoms with Crippen LogP contribution in [0.1, 0.15) is 18.9 Å². The summed E-state index contributed by atoms with van der Waals surface area (Å²) in [6.07, 6.45) is 2.31. The van der Waals surface area contributed by atoms with Gasteiger partial charge in [0.1, 0.15) is 5.51 Å². The van der Waals surface area contributed by atoms with Crippen molar-refractivity contribution in [2.45, 2.75) is 18.9 Å². The molecule has 1 saturated carbocycles. The molecule has 1 fully saturated rings. The second kappa shape index (κ2) is 1.67. The summed E-state index contributed by atoms with van der Waals surface area (Å²) in [5.41, 5.74) is 1.52. The van der Waals surface area contributed by atoms with Gasteiger partial charge in [-0.3, -0.25) is 0 Å². The molecule has 0 radical (unpaired) electrons. The Kier molecular flexibility index (Phi) is 0.958. The second-order valence-corrected chi connectivity index (χ2v) is 2.99. The molecule has 1 aliphatic carbocycles. The molecule has 2 rings (SSSR count). The first-order valence-electron chi connectivity index (χ1n) is 2.90. The van der Waals surface area contributed by atoms with Crippen molar-refractivity contribution in [1.82, 2.24) is 8.94 Å². The molecule has 1 aromatic heterocycles. The van der Waals surface area contributed by atoms with Gasteiger partial charge < -0.3 is 0 Å². The van der Waals surface area contributed by atoms with E-state index >= 15 is 0 Å². The summed E-state index contributed by atoms with van der Waals surface area (Å²) in [6.45, 7) is 0. The van der Waals surface area contributed by atoms with Crippen LogP contribution < -0.4 is 5.69 Å². The summed E-state index contributed by atoms with van der Waals surface area (Å²) >= 11 is 1.41. The van der Waals surface area contributed by atoms with E-state index in [-0.39, 0.29) is 5.69 Å². The minimum atomic E-state index is -0.0810. The maximum Gasteiger partial charge on any atom is 0.357 e. The van der Waals surface area contributed by atoms with Crippen LogP contribution in [-0.4, -0.2) is 8.94 Å². The van der Waals surface area contributed by atoms with Gasteiger partial charge in [0.25, 0.3) is 0 Å². The highest BCUT2D eigenvalue weighted by Crippen LogP contribution is 2.34. The zero-order valence-electron chi connectivity index (χ0n) is 4.78.